The molecule has 0 aromatic heterocycles. The molecule has 2 aliphatic rings. The second-order valence-electron chi connectivity index (χ2n) is 12.8. The molecule has 0 spiro atoms. The molecule has 9 nitrogen and oxygen atoms in total. The first-order valence-corrected chi connectivity index (χ1v) is 15.8. The van der Waals surface area contributed by atoms with Crippen molar-refractivity contribution in [1.82, 2.24) is 9.80 Å². The van der Waals surface area contributed by atoms with Gasteiger partial charge in [0.1, 0.15) is 23.6 Å². The highest BCUT2D eigenvalue weighted by Gasteiger charge is 2.51. The number of carbonyl (C=O) groups excluding carboxylic acids is 2. The standard InChI is InChI=1S/C34H47ClN2O7/c1-33(2,3)44-32(39)36-15-14-34(40,26-8-10-27(35)11-9-26)30(23-36)31(38)37(28-12-13-28)22-25-19-24(7-6-16-41-4)20-29(21-25)43-18-17-42-5/h8-11,19-21,28,30,40H,6-7,12-18,22-23H2,1-5H3/t30-,34+/m1/s1. The Morgan fingerprint density at radius 1 is 1.02 bits per heavy atom. The van der Waals surface area contributed by atoms with Crippen molar-refractivity contribution in [3.63, 3.8) is 0 Å². The zero-order chi connectivity index (χ0) is 31.9. The molecule has 0 bridgehead atoms. The van der Waals surface area contributed by atoms with Crippen LogP contribution in [-0.2, 0) is 37.6 Å². The average Bonchev–Trinajstić information content (AvgIpc) is 3.81. The highest BCUT2D eigenvalue weighted by molar-refractivity contribution is 6.30. The minimum atomic E-state index is -1.48. The van der Waals surface area contributed by atoms with E-state index in [9.17, 15) is 14.7 Å². The van der Waals surface area contributed by atoms with Crippen molar-refractivity contribution in [3.8, 4) is 5.75 Å². The quantitative estimate of drug-likeness (QED) is 0.289. The van der Waals surface area contributed by atoms with Gasteiger partial charge < -0.3 is 33.9 Å². The first-order chi connectivity index (χ1) is 20.9. The van der Waals surface area contributed by atoms with Gasteiger partial charge in [-0.15, -0.1) is 0 Å². The molecule has 2 amide bonds. The van der Waals surface area contributed by atoms with Crippen LogP contribution in [0.2, 0.25) is 5.02 Å². The molecule has 1 aliphatic carbocycles. The largest absolute Gasteiger partial charge is 0.491 e. The number of aryl methyl sites for hydroxylation is 1. The van der Waals surface area contributed by atoms with Crippen LogP contribution in [0.5, 0.6) is 5.75 Å². The van der Waals surface area contributed by atoms with Gasteiger partial charge in [0.05, 0.1) is 12.5 Å². The van der Waals surface area contributed by atoms with Crippen molar-refractivity contribution >= 4 is 23.6 Å². The maximum Gasteiger partial charge on any atom is 0.410 e. The summed E-state index contributed by atoms with van der Waals surface area (Å²) in [5.41, 5.74) is 0.486. The number of hydrogen-bond donors (Lipinski definition) is 1. The summed E-state index contributed by atoms with van der Waals surface area (Å²) in [6.45, 7) is 7.63. The number of ether oxygens (including phenoxy) is 4. The van der Waals surface area contributed by atoms with Crippen molar-refractivity contribution in [2.24, 2.45) is 5.92 Å². The molecule has 10 heteroatoms. The van der Waals surface area contributed by atoms with Crippen molar-refractivity contribution < 1.29 is 33.6 Å². The van der Waals surface area contributed by atoms with E-state index in [0.29, 0.717) is 37.0 Å². The van der Waals surface area contributed by atoms with E-state index in [0.717, 1.165) is 42.6 Å². The van der Waals surface area contributed by atoms with E-state index in [1.54, 1.807) is 43.4 Å². The Labute approximate surface area is 266 Å². The zero-order valence-corrected chi connectivity index (χ0v) is 27.4. The predicted octanol–water partition coefficient (Wildman–Crippen LogP) is 5.58. The molecule has 2 atom stereocenters. The molecule has 2 aromatic rings. The van der Waals surface area contributed by atoms with E-state index in [2.05, 4.69) is 6.07 Å². The van der Waals surface area contributed by atoms with E-state index in [1.165, 1.54) is 0 Å². The summed E-state index contributed by atoms with van der Waals surface area (Å²) in [4.78, 5) is 31.1. The van der Waals surface area contributed by atoms with Crippen LogP contribution in [0.15, 0.2) is 42.5 Å². The lowest BCUT2D eigenvalue weighted by Crippen LogP contribution is -2.58. The summed E-state index contributed by atoms with van der Waals surface area (Å²) in [6, 6.07) is 13.1. The summed E-state index contributed by atoms with van der Waals surface area (Å²) in [5.74, 6) is -0.362. The van der Waals surface area contributed by atoms with Crippen LogP contribution in [0.25, 0.3) is 0 Å². The van der Waals surface area contributed by atoms with Gasteiger partial charge in [0.15, 0.2) is 0 Å². The number of hydrogen-bond acceptors (Lipinski definition) is 7. The molecule has 0 radical (unpaired) electrons. The number of amides is 2. The molecular weight excluding hydrogens is 584 g/mol. The number of halogens is 1. The average molecular weight is 631 g/mol. The SMILES string of the molecule is COCCCc1cc(CN(C(=O)[C@H]2CN(C(=O)OC(C)(C)C)CC[C@]2(O)c2ccc(Cl)cc2)C2CC2)cc(OCCOC)c1. The van der Waals surface area contributed by atoms with Crippen molar-refractivity contribution in [3.05, 3.63) is 64.2 Å². The number of likely N-dealkylation sites (tertiary alicyclic amines) is 1. The highest BCUT2D eigenvalue weighted by atomic mass is 35.5. The van der Waals surface area contributed by atoms with Gasteiger partial charge in [-0.05, 0) is 93.8 Å². The maximum atomic E-state index is 14.6. The molecule has 44 heavy (non-hydrogen) atoms. The molecule has 4 rings (SSSR count). The molecule has 1 N–H and O–H groups in total. The number of nitrogens with zero attached hydrogens (tertiary/aromatic N) is 2. The Morgan fingerprint density at radius 3 is 2.34 bits per heavy atom. The number of carbonyl (C=O) groups is 2. The van der Waals surface area contributed by atoms with E-state index >= 15 is 0 Å². The van der Waals surface area contributed by atoms with E-state index in [4.69, 9.17) is 30.5 Å². The molecule has 1 heterocycles. The first kappa shape index (κ1) is 34.0. The second-order valence-corrected chi connectivity index (χ2v) is 13.2. The van der Waals surface area contributed by atoms with E-state index < -0.39 is 23.2 Å². The fraction of sp³-hybridized carbons (Fsp3) is 0.588. The molecule has 1 saturated heterocycles. The Bertz CT molecular complexity index is 1230. The number of benzene rings is 2. The monoisotopic (exact) mass is 630 g/mol. The summed E-state index contributed by atoms with van der Waals surface area (Å²) in [5, 5.41) is 12.8. The third kappa shape index (κ3) is 9.10. The van der Waals surface area contributed by atoms with Gasteiger partial charge in [-0.2, -0.15) is 0 Å². The maximum absolute atomic E-state index is 14.6. The smallest absolute Gasteiger partial charge is 0.410 e. The van der Waals surface area contributed by atoms with Crippen LogP contribution in [0.3, 0.4) is 0 Å². The Balaban J connectivity index is 1.64. The molecule has 2 aromatic carbocycles. The fourth-order valence-corrected chi connectivity index (χ4v) is 5.81. The normalized spacial score (nSPS) is 20.3. The topological polar surface area (TPSA) is 97.8 Å². The summed E-state index contributed by atoms with van der Waals surface area (Å²) < 4.78 is 22.0. The van der Waals surface area contributed by atoms with Gasteiger partial charge in [0.25, 0.3) is 0 Å². The predicted molar refractivity (Wildman–Crippen MR) is 169 cm³/mol. The Hall–Kier alpha value is -2.85. The van der Waals surface area contributed by atoms with Crippen LogP contribution in [-0.4, -0.2) is 85.7 Å². The third-order valence-corrected chi connectivity index (χ3v) is 8.31. The van der Waals surface area contributed by atoms with E-state index in [-0.39, 0.29) is 31.5 Å². The number of methoxy groups -OCH3 is 2. The summed E-state index contributed by atoms with van der Waals surface area (Å²) in [7, 11) is 3.32. The fourth-order valence-electron chi connectivity index (χ4n) is 5.68. The van der Waals surface area contributed by atoms with Gasteiger partial charge in [0, 0.05) is 51.5 Å². The lowest BCUT2D eigenvalue weighted by molar-refractivity contribution is -0.155. The van der Waals surface area contributed by atoms with Crippen molar-refractivity contribution in [2.45, 2.75) is 76.7 Å². The third-order valence-electron chi connectivity index (χ3n) is 8.06. The van der Waals surface area contributed by atoms with Crippen LogP contribution in [0, 0.1) is 5.92 Å². The summed E-state index contributed by atoms with van der Waals surface area (Å²) in [6.07, 6.45) is 3.14. The van der Waals surface area contributed by atoms with Crippen molar-refractivity contribution in [2.75, 3.05) is 47.1 Å². The van der Waals surface area contributed by atoms with Gasteiger partial charge >= 0.3 is 6.09 Å². The molecule has 1 aliphatic heterocycles. The van der Waals surface area contributed by atoms with Gasteiger partial charge in [-0.3, -0.25) is 4.79 Å². The molecular formula is C34H47ClN2O7. The lowest BCUT2D eigenvalue weighted by atomic mass is 9.75. The van der Waals surface area contributed by atoms with E-state index in [1.807, 2.05) is 37.8 Å². The minimum absolute atomic E-state index is 0.0402. The van der Waals surface area contributed by atoms with Crippen LogP contribution >= 0.6 is 11.6 Å². The van der Waals surface area contributed by atoms with Crippen LogP contribution in [0.4, 0.5) is 4.79 Å². The second kappa shape index (κ2) is 15.0. The van der Waals surface area contributed by atoms with Gasteiger partial charge in [-0.1, -0.05) is 29.8 Å². The molecule has 242 valence electrons. The number of piperidine rings is 1. The molecule has 0 unspecified atom stereocenters. The van der Waals surface area contributed by atoms with Crippen molar-refractivity contribution in [1.29, 1.82) is 0 Å². The minimum Gasteiger partial charge on any atom is -0.491 e. The lowest BCUT2D eigenvalue weighted by Gasteiger charge is -2.45. The highest BCUT2D eigenvalue weighted by Crippen LogP contribution is 2.41. The number of aliphatic hydroxyl groups is 1. The van der Waals surface area contributed by atoms with Crippen LogP contribution < -0.4 is 4.74 Å². The first-order valence-electron chi connectivity index (χ1n) is 15.4. The summed E-state index contributed by atoms with van der Waals surface area (Å²) >= 11 is 6.17. The number of rotatable bonds is 13. The van der Waals surface area contributed by atoms with Gasteiger partial charge in [0.2, 0.25) is 5.91 Å². The zero-order valence-electron chi connectivity index (χ0n) is 26.6. The Morgan fingerprint density at radius 2 is 1.70 bits per heavy atom. The van der Waals surface area contributed by atoms with Gasteiger partial charge in [-0.25, -0.2) is 4.79 Å². The Kier molecular flexibility index (Phi) is 11.6. The van der Waals surface area contributed by atoms with Crippen LogP contribution in [0.1, 0.15) is 63.1 Å². The molecule has 2 fully saturated rings. The molecule has 1 saturated carbocycles.